The van der Waals surface area contributed by atoms with E-state index < -0.39 is 0 Å². The molecule has 0 bridgehead atoms. The Morgan fingerprint density at radius 1 is 0.783 bits per heavy atom. The van der Waals surface area contributed by atoms with Crippen molar-refractivity contribution < 1.29 is 4.74 Å². The van der Waals surface area contributed by atoms with Crippen LogP contribution in [0.3, 0.4) is 0 Å². The van der Waals surface area contributed by atoms with Gasteiger partial charge in [-0.3, -0.25) is 0 Å². The summed E-state index contributed by atoms with van der Waals surface area (Å²) < 4.78 is 6.02. The lowest BCUT2D eigenvalue weighted by molar-refractivity contribution is 0.483. The zero-order valence-corrected chi connectivity index (χ0v) is 12.9. The highest BCUT2D eigenvalue weighted by atomic mass is 16.5. The minimum absolute atomic E-state index is 0.505. The van der Waals surface area contributed by atoms with Gasteiger partial charge in [-0.1, -0.05) is 54.6 Å². The quantitative estimate of drug-likeness (QED) is 0.702. The molecular formula is C20H20N2O. The number of nitrogens with two attached hydrogens (primary N) is 1. The van der Waals surface area contributed by atoms with Crippen molar-refractivity contribution in [1.29, 1.82) is 0 Å². The van der Waals surface area contributed by atoms with E-state index in [-0.39, 0.29) is 0 Å². The topological polar surface area (TPSA) is 47.3 Å². The van der Waals surface area contributed by atoms with Crippen LogP contribution in [0.1, 0.15) is 11.1 Å². The van der Waals surface area contributed by atoms with Gasteiger partial charge in [-0.15, -0.1) is 0 Å². The van der Waals surface area contributed by atoms with Gasteiger partial charge in [-0.25, -0.2) is 0 Å². The number of anilines is 1. The summed E-state index contributed by atoms with van der Waals surface area (Å²) in [6.07, 6.45) is 0. The van der Waals surface area contributed by atoms with Crippen LogP contribution in [0, 0.1) is 0 Å². The molecule has 3 aromatic carbocycles. The van der Waals surface area contributed by atoms with Crippen molar-refractivity contribution >= 4 is 5.69 Å². The van der Waals surface area contributed by atoms with Crippen LogP contribution in [0.4, 0.5) is 5.69 Å². The van der Waals surface area contributed by atoms with Crippen LogP contribution < -0.4 is 15.8 Å². The first-order chi connectivity index (χ1) is 11.3. The summed E-state index contributed by atoms with van der Waals surface area (Å²) in [5, 5.41) is 3.43. The van der Waals surface area contributed by atoms with E-state index in [2.05, 4.69) is 17.4 Å². The van der Waals surface area contributed by atoms with Gasteiger partial charge in [-0.05, 0) is 35.4 Å². The SMILES string of the molecule is NCc1cccc(Oc2ccccc2NCc2ccccc2)c1. The fourth-order valence-corrected chi connectivity index (χ4v) is 2.36. The molecule has 3 aromatic rings. The summed E-state index contributed by atoms with van der Waals surface area (Å²) in [5.41, 5.74) is 8.94. The molecule has 0 heterocycles. The second-order valence-corrected chi connectivity index (χ2v) is 5.29. The number of benzene rings is 3. The number of ether oxygens (including phenoxy) is 1. The standard InChI is InChI=1S/C20H20N2O/c21-14-17-9-6-10-18(13-17)23-20-12-5-4-11-19(20)22-15-16-7-2-1-3-8-16/h1-13,22H,14-15,21H2. The van der Waals surface area contributed by atoms with Crippen molar-refractivity contribution in [3.63, 3.8) is 0 Å². The van der Waals surface area contributed by atoms with Crippen LogP contribution in [-0.4, -0.2) is 0 Å². The number of hydrogen-bond acceptors (Lipinski definition) is 3. The van der Waals surface area contributed by atoms with Gasteiger partial charge in [0, 0.05) is 13.1 Å². The molecule has 0 spiro atoms. The molecule has 0 unspecified atom stereocenters. The van der Waals surface area contributed by atoms with E-state index in [0.29, 0.717) is 6.54 Å². The third-order valence-electron chi connectivity index (χ3n) is 3.57. The van der Waals surface area contributed by atoms with Crippen LogP contribution in [0.15, 0.2) is 78.9 Å². The second kappa shape index (κ2) is 7.47. The van der Waals surface area contributed by atoms with Crippen LogP contribution in [-0.2, 0) is 13.1 Å². The molecule has 0 aliphatic rings. The molecule has 3 heteroatoms. The van der Waals surface area contributed by atoms with Crippen molar-refractivity contribution in [3.05, 3.63) is 90.0 Å². The molecule has 0 amide bonds. The molecule has 0 aliphatic carbocycles. The van der Waals surface area contributed by atoms with Gasteiger partial charge in [0.1, 0.15) is 5.75 Å². The molecule has 0 aliphatic heterocycles. The molecular weight excluding hydrogens is 284 g/mol. The Hall–Kier alpha value is -2.78. The van der Waals surface area contributed by atoms with Crippen LogP contribution >= 0.6 is 0 Å². The number of nitrogens with one attached hydrogen (secondary N) is 1. The smallest absolute Gasteiger partial charge is 0.150 e. The Kier molecular flexibility index (Phi) is 4.92. The summed E-state index contributed by atoms with van der Waals surface area (Å²) in [5.74, 6) is 1.60. The molecule has 23 heavy (non-hydrogen) atoms. The summed E-state index contributed by atoms with van der Waals surface area (Å²) in [4.78, 5) is 0. The molecule has 116 valence electrons. The fourth-order valence-electron chi connectivity index (χ4n) is 2.36. The number of hydrogen-bond donors (Lipinski definition) is 2. The van der Waals surface area contributed by atoms with Gasteiger partial charge in [0.15, 0.2) is 5.75 Å². The van der Waals surface area contributed by atoms with Crippen molar-refractivity contribution in [2.75, 3.05) is 5.32 Å². The Bertz CT molecular complexity index is 756. The van der Waals surface area contributed by atoms with E-state index in [1.165, 1.54) is 5.56 Å². The lowest BCUT2D eigenvalue weighted by Gasteiger charge is -2.13. The summed E-state index contributed by atoms with van der Waals surface area (Å²) in [6.45, 7) is 1.26. The molecule has 3 rings (SSSR count). The normalized spacial score (nSPS) is 10.3. The highest BCUT2D eigenvalue weighted by molar-refractivity contribution is 5.57. The summed E-state index contributed by atoms with van der Waals surface area (Å²) in [7, 11) is 0. The van der Waals surface area contributed by atoms with Gasteiger partial charge >= 0.3 is 0 Å². The molecule has 3 N–H and O–H groups in total. The molecule has 0 fully saturated rings. The van der Waals surface area contributed by atoms with E-state index in [1.54, 1.807) is 0 Å². The predicted octanol–water partition coefficient (Wildman–Crippen LogP) is 4.55. The summed E-state index contributed by atoms with van der Waals surface area (Å²) in [6, 6.07) is 26.1. The maximum atomic E-state index is 6.02. The Balaban J connectivity index is 1.75. The van der Waals surface area contributed by atoms with Crippen molar-refractivity contribution in [3.8, 4) is 11.5 Å². The highest BCUT2D eigenvalue weighted by Crippen LogP contribution is 2.30. The number of rotatable bonds is 6. The third kappa shape index (κ3) is 4.11. The maximum absolute atomic E-state index is 6.02. The van der Waals surface area contributed by atoms with Crippen molar-refractivity contribution in [1.82, 2.24) is 0 Å². The van der Waals surface area contributed by atoms with Crippen LogP contribution in [0.2, 0.25) is 0 Å². The number of para-hydroxylation sites is 2. The first kappa shape index (κ1) is 15.1. The molecule has 0 saturated carbocycles. The van der Waals surface area contributed by atoms with E-state index >= 15 is 0 Å². The van der Waals surface area contributed by atoms with Crippen LogP contribution in [0.5, 0.6) is 11.5 Å². The zero-order valence-electron chi connectivity index (χ0n) is 12.9. The van der Waals surface area contributed by atoms with E-state index in [4.69, 9.17) is 10.5 Å². The molecule has 0 radical (unpaired) electrons. The third-order valence-corrected chi connectivity index (χ3v) is 3.57. The van der Waals surface area contributed by atoms with Crippen molar-refractivity contribution in [2.24, 2.45) is 5.73 Å². The van der Waals surface area contributed by atoms with Gasteiger partial charge in [0.05, 0.1) is 5.69 Å². The lowest BCUT2D eigenvalue weighted by Crippen LogP contribution is -2.01. The highest BCUT2D eigenvalue weighted by Gasteiger charge is 2.05. The van der Waals surface area contributed by atoms with Gasteiger partial charge < -0.3 is 15.8 Å². The van der Waals surface area contributed by atoms with E-state index in [0.717, 1.165) is 29.3 Å². The maximum Gasteiger partial charge on any atom is 0.150 e. The molecule has 0 saturated heterocycles. The average Bonchev–Trinajstić information content (AvgIpc) is 2.62. The predicted molar refractivity (Wildman–Crippen MR) is 94.6 cm³/mol. The van der Waals surface area contributed by atoms with Gasteiger partial charge in [0.2, 0.25) is 0 Å². The van der Waals surface area contributed by atoms with Crippen molar-refractivity contribution in [2.45, 2.75) is 13.1 Å². The average molecular weight is 304 g/mol. The molecule has 3 nitrogen and oxygen atoms in total. The summed E-state index contributed by atoms with van der Waals surface area (Å²) >= 11 is 0. The van der Waals surface area contributed by atoms with E-state index in [1.807, 2.05) is 66.7 Å². The monoisotopic (exact) mass is 304 g/mol. The first-order valence-electron chi connectivity index (χ1n) is 7.69. The first-order valence-corrected chi connectivity index (χ1v) is 7.69. The molecule has 0 aromatic heterocycles. The minimum atomic E-state index is 0.505. The van der Waals surface area contributed by atoms with Gasteiger partial charge in [-0.2, -0.15) is 0 Å². The minimum Gasteiger partial charge on any atom is -0.455 e. The van der Waals surface area contributed by atoms with E-state index in [9.17, 15) is 0 Å². The zero-order chi connectivity index (χ0) is 15.9. The Labute approximate surface area is 136 Å². The fraction of sp³-hybridized carbons (Fsp3) is 0.100. The molecule has 0 atom stereocenters. The Morgan fingerprint density at radius 3 is 2.35 bits per heavy atom. The van der Waals surface area contributed by atoms with Crippen LogP contribution in [0.25, 0.3) is 0 Å². The second-order valence-electron chi connectivity index (χ2n) is 5.29. The Morgan fingerprint density at radius 2 is 1.52 bits per heavy atom. The largest absolute Gasteiger partial charge is 0.455 e. The van der Waals surface area contributed by atoms with Gasteiger partial charge in [0.25, 0.3) is 0 Å². The lowest BCUT2D eigenvalue weighted by atomic mass is 10.2.